The first-order chi connectivity index (χ1) is 10.7. The fourth-order valence-electron chi connectivity index (χ4n) is 3.00. The molecule has 1 fully saturated rings. The number of para-hydroxylation sites is 1. The van der Waals surface area contributed by atoms with Gasteiger partial charge in [0.1, 0.15) is 0 Å². The molecule has 0 spiro atoms. The summed E-state index contributed by atoms with van der Waals surface area (Å²) >= 11 is 0. The molecule has 4 heteroatoms. The van der Waals surface area contributed by atoms with Crippen LogP contribution in [0, 0.1) is 5.92 Å². The predicted octanol–water partition coefficient (Wildman–Crippen LogP) is 3.24. The second kappa shape index (κ2) is 6.97. The van der Waals surface area contributed by atoms with Crippen LogP contribution in [0.1, 0.15) is 31.7 Å². The maximum atomic E-state index is 5.41. The molecule has 1 aliphatic rings. The van der Waals surface area contributed by atoms with Crippen molar-refractivity contribution in [2.75, 3.05) is 18.0 Å². The summed E-state index contributed by atoms with van der Waals surface area (Å²) < 4.78 is 5.41. The molecule has 0 saturated carbocycles. The third kappa shape index (κ3) is 3.89. The standard InChI is InChI=1S/C18H25N3O/c1-14(2)10-16-11-18(22-20-16)12-19-15-8-9-21(13-15)17-6-4-3-5-7-17/h3-7,11,14-15,19H,8-10,12-13H2,1-2H3/t15-/m1/s1. The normalized spacial score (nSPS) is 18.3. The van der Waals surface area contributed by atoms with Crippen molar-refractivity contribution in [1.82, 2.24) is 10.5 Å². The first-order valence-corrected chi connectivity index (χ1v) is 8.18. The summed E-state index contributed by atoms with van der Waals surface area (Å²) in [5.74, 6) is 1.55. The maximum absolute atomic E-state index is 5.41. The molecule has 3 rings (SSSR count). The summed E-state index contributed by atoms with van der Waals surface area (Å²) in [6.45, 7) is 7.32. The fourth-order valence-corrected chi connectivity index (χ4v) is 3.00. The van der Waals surface area contributed by atoms with Gasteiger partial charge in [-0.15, -0.1) is 0 Å². The first-order valence-electron chi connectivity index (χ1n) is 8.18. The zero-order chi connectivity index (χ0) is 15.4. The molecule has 118 valence electrons. The van der Waals surface area contributed by atoms with Crippen LogP contribution in [-0.2, 0) is 13.0 Å². The van der Waals surface area contributed by atoms with E-state index in [-0.39, 0.29) is 0 Å². The first kappa shape index (κ1) is 15.1. The Kier molecular flexibility index (Phi) is 4.78. The van der Waals surface area contributed by atoms with Crippen molar-refractivity contribution in [3.63, 3.8) is 0 Å². The van der Waals surface area contributed by atoms with Gasteiger partial charge in [-0.25, -0.2) is 0 Å². The molecule has 2 aromatic rings. The summed E-state index contributed by atoms with van der Waals surface area (Å²) in [5.41, 5.74) is 2.37. The van der Waals surface area contributed by atoms with E-state index in [1.807, 2.05) is 0 Å². The van der Waals surface area contributed by atoms with E-state index in [0.717, 1.165) is 37.5 Å². The Morgan fingerprint density at radius 2 is 2.14 bits per heavy atom. The van der Waals surface area contributed by atoms with E-state index in [1.54, 1.807) is 0 Å². The molecule has 1 atom stereocenters. The molecule has 1 aromatic heterocycles. The Morgan fingerprint density at radius 1 is 1.32 bits per heavy atom. The number of nitrogens with zero attached hydrogens (tertiary/aromatic N) is 2. The number of benzene rings is 1. The topological polar surface area (TPSA) is 41.3 Å². The van der Waals surface area contributed by atoms with Gasteiger partial charge in [-0.3, -0.25) is 0 Å². The molecule has 1 N–H and O–H groups in total. The maximum Gasteiger partial charge on any atom is 0.150 e. The lowest BCUT2D eigenvalue weighted by Crippen LogP contribution is -2.31. The van der Waals surface area contributed by atoms with Crippen molar-refractivity contribution >= 4 is 5.69 Å². The van der Waals surface area contributed by atoms with Gasteiger partial charge in [-0.2, -0.15) is 0 Å². The van der Waals surface area contributed by atoms with Crippen molar-refractivity contribution in [2.45, 2.75) is 39.3 Å². The molecule has 0 aliphatic carbocycles. The SMILES string of the molecule is CC(C)Cc1cc(CN[C@@H]2CCN(c3ccccc3)C2)on1. The zero-order valence-electron chi connectivity index (χ0n) is 13.5. The molecule has 1 aromatic carbocycles. The van der Waals surface area contributed by atoms with E-state index >= 15 is 0 Å². The Bertz CT molecular complexity index is 579. The Labute approximate surface area is 132 Å². The highest BCUT2D eigenvalue weighted by molar-refractivity contribution is 5.47. The van der Waals surface area contributed by atoms with Crippen molar-refractivity contribution in [3.8, 4) is 0 Å². The molecular formula is C18H25N3O. The molecule has 2 heterocycles. The van der Waals surface area contributed by atoms with E-state index < -0.39 is 0 Å². The van der Waals surface area contributed by atoms with Crippen molar-refractivity contribution < 1.29 is 4.52 Å². The monoisotopic (exact) mass is 299 g/mol. The summed E-state index contributed by atoms with van der Waals surface area (Å²) in [5, 5.41) is 7.73. The van der Waals surface area contributed by atoms with Crippen LogP contribution in [0.5, 0.6) is 0 Å². The van der Waals surface area contributed by atoms with Gasteiger partial charge in [-0.05, 0) is 30.9 Å². The quantitative estimate of drug-likeness (QED) is 0.889. The number of hydrogen-bond donors (Lipinski definition) is 1. The highest BCUT2D eigenvalue weighted by atomic mass is 16.5. The van der Waals surface area contributed by atoms with Gasteiger partial charge in [0.2, 0.25) is 0 Å². The van der Waals surface area contributed by atoms with Crippen LogP contribution in [0.2, 0.25) is 0 Å². The number of anilines is 1. The van der Waals surface area contributed by atoms with E-state index in [1.165, 1.54) is 12.1 Å². The molecule has 0 radical (unpaired) electrons. The lowest BCUT2D eigenvalue weighted by molar-refractivity contribution is 0.358. The lowest BCUT2D eigenvalue weighted by Gasteiger charge is -2.18. The average Bonchev–Trinajstić information content (AvgIpc) is 3.15. The van der Waals surface area contributed by atoms with Crippen LogP contribution in [-0.4, -0.2) is 24.3 Å². The second-order valence-corrected chi connectivity index (χ2v) is 6.53. The van der Waals surface area contributed by atoms with Gasteiger partial charge >= 0.3 is 0 Å². The smallest absolute Gasteiger partial charge is 0.150 e. The fraction of sp³-hybridized carbons (Fsp3) is 0.500. The zero-order valence-corrected chi connectivity index (χ0v) is 13.5. The second-order valence-electron chi connectivity index (χ2n) is 6.53. The molecule has 22 heavy (non-hydrogen) atoms. The third-order valence-corrected chi connectivity index (χ3v) is 4.10. The predicted molar refractivity (Wildman–Crippen MR) is 88.9 cm³/mol. The van der Waals surface area contributed by atoms with E-state index in [4.69, 9.17) is 4.52 Å². The van der Waals surface area contributed by atoms with E-state index in [0.29, 0.717) is 12.0 Å². The van der Waals surface area contributed by atoms with Crippen LogP contribution in [0.25, 0.3) is 0 Å². The van der Waals surface area contributed by atoms with Gasteiger partial charge in [-0.1, -0.05) is 37.2 Å². The highest BCUT2D eigenvalue weighted by Crippen LogP contribution is 2.20. The van der Waals surface area contributed by atoms with Crippen LogP contribution in [0.3, 0.4) is 0 Å². The summed E-state index contributed by atoms with van der Waals surface area (Å²) in [7, 11) is 0. The number of nitrogens with one attached hydrogen (secondary N) is 1. The Hall–Kier alpha value is -1.81. The van der Waals surface area contributed by atoms with Crippen molar-refractivity contribution in [1.29, 1.82) is 0 Å². The average molecular weight is 299 g/mol. The van der Waals surface area contributed by atoms with E-state index in [2.05, 4.69) is 65.6 Å². The number of aromatic nitrogens is 1. The summed E-state index contributed by atoms with van der Waals surface area (Å²) in [6.07, 6.45) is 2.15. The van der Waals surface area contributed by atoms with Gasteiger partial charge in [0.15, 0.2) is 5.76 Å². The number of hydrogen-bond acceptors (Lipinski definition) is 4. The van der Waals surface area contributed by atoms with Gasteiger partial charge in [0.25, 0.3) is 0 Å². The van der Waals surface area contributed by atoms with Crippen LogP contribution in [0.4, 0.5) is 5.69 Å². The van der Waals surface area contributed by atoms with Crippen LogP contribution in [0.15, 0.2) is 40.9 Å². The molecule has 4 nitrogen and oxygen atoms in total. The van der Waals surface area contributed by atoms with Gasteiger partial charge in [0, 0.05) is 30.9 Å². The summed E-state index contributed by atoms with van der Waals surface area (Å²) in [4.78, 5) is 2.43. The van der Waals surface area contributed by atoms with Gasteiger partial charge < -0.3 is 14.7 Å². The minimum absolute atomic E-state index is 0.513. The minimum Gasteiger partial charge on any atom is -0.370 e. The van der Waals surface area contributed by atoms with Crippen molar-refractivity contribution in [3.05, 3.63) is 47.9 Å². The molecule has 1 saturated heterocycles. The summed E-state index contributed by atoms with van der Waals surface area (Å²) in [6, 6.07) is 13.2. The molecule has 0 bridgehead atoms. The Balaban J connectivity index is 1.48. The third-order valence-electron chi connectivity index (χ3n) is 4.10. The Morgan fingerprint density at radius 3 is 2.91 bits per heavy atom. The van der Waals surface area contributed by atoms with Crippen LogP contribution < -0.4 is 10.2 Å². The molecule has 0 amide bonds. The van der Waals surface area contributed by atoms with Gasteiger partial charge in [0.05, 0.1) is 12.2 Å². The van der Waals surface area contributed by atoms with E-state index in [9.17, 15) is 0 Å². The molecular weight excluding hydrogens is 274 g/mol. The minimum atomic E-state index is 0.513. The largest absolute Gasteiger partial charge is 0.370 e. The molecule has 1 aliphatic heterocycles. The lowest BCUT2D eigenvalue weighted by atomic mass is 10.1. The van der Waals surface area contributed by atoms with Crippen molar-refractivity contribution in [2.24, 2.45) is 5.92 Å². The molecule has 0 unspecified atom stereocenters. The number of rotatable bonds is 6. The highest BCUT2D eigenvalue weighted by Gasteiger charge is 2.22. The van der Waals surface area contributed by atoms with Crippen LogP contribution >= 0.6 is 0 Å².